The molecule has 164 valence electrons. The number of methoxy groups -OCH3 is 1. The summed E-state index contributed by atoms with van der Waals surface area (Å²) in [5.74, 6) is -0.0990. The molecule has 1 aromatic carbocycles. The van der Waals surface area contributed by atoms with Gasteiger partial charge in [-0.05, 0) is 55.8 Å². The van der Waals surface area contributed by atoms with Crippen molar-refractivity contribution in [3.8, 4) is 11.5 Å². The first-order chi connectivity index (χ1) is 15.4. The Kier molecular flexibility index (Phi) is 7.87. The van der Waals surface area contributed by atoms with Gasteiger partial charge in [0.15, 0.2) is 16.7 Å². The van der Waals surface area contributed by atoms with Crippen LogP contribution in [0.1, 0.15) is 27.3 Å². The summed E-state index contributed by atoms with van der Waals surface area (Å²) < 4.78 is 10.7. The second kappa shape index (κ2) is 11.0. The van der Waals surface area contributed by atoms with Gasteiger partial charge in [-0.2, -0.15) is 5.10 Å². The van der Waals surface area contributed by atoms with Crippen LogP contribution in [0.2, 0.25) is 0 Å². The number of benzene rings is 1. The molecule has 0 saturated heterocycles. The van der Waals surface area contributed by atoms with Crippen molar-refractivity contribution >= 4 is 29.9 Å². The molecule has 2 aromatic heterocycles. The van der Waals surface area contributed by atoms with E-state index in [1.54, 1.807) is 36.5 Å². The van der Waals surface area contributed by atoms with Crippen molar-refractivity contribution in [1.82, 2.24) is 20.4 Å². The zero-order valence-electron chi connectivity index (χ0n) is 17.7. The zero-order chi connectivity index (χ0) is 22.9. The Bertz CT molecular complexity index is 1120. The smallest absolute Gasteiger partial charge is 0.345 e. The van der Waals surface area contributed by atoms with Crippen molar-refractivity contribution in [3.05, 3.63) is 71.3 Å². The van der Waals surface area contributed by atoms with Crippen LogP contribution in [0.4, 0.5) is 0 Å². The largest absolute Gasteiger partial charge is 0.493 e. The number of hydrogen-bond donors (Lipinski definition) is 1. The molecule has 10 heteroatoms. The summed E-state index contributed by atoms with van der Waals surface area (Å²) in [5.41, 5.74) is 5.13. The normalized spacial score (nSPS) is 10.7. The summed E-state index contributed by atoms with van der Waals surface area (Å²) in [5, 5.41) is 4.50. The number of nitrogens with zero attached hydrogens (tertiary/aromatic N) is 4. The van der Waals surface area contributed by atoms with E-state index in [1.807, 2.05) is 19.9 Å². The molecule has 1 N–H and O–H groups in total. The molecule has 0 saturated carbocycles. The van der Waals surface area contributed by atoms with E-state index in [0.29, 0.717) is 22.0 Å². The molecule has 2 heterocycles. The number of aryl methyl sites for hydroxylation is 2. The maximum absolute atomic E-state index is 12.2. The topological polar surface area (TPSA) is 116 Å². The summed E-state index contributed by atoms with van der Waals surface area (Å²) in [7, 11) is 1.46. The van der Waals surface area contributed by atoms with Crippen LogP contribution in [0.3, 0.4) is 0 Å². The second-order valence-electron chi connectivity index (χ2n) is 6.56. The number of aromatic nitrogens is 3. The van der Waals surface area contributed by atoms with Crippen LogP contribution < -0.4 is 14.9 Å². The van der Waals surface area contributed by atoms with Gasteiger partial charge in [0.2, 0.25) is 0 Å². The summed E-state index contributed by atoms with van der Waals surface area (Å²) in [4.78, 5) is 36.7. The van der Waals surface area contributed by atoms with Crippen LogP contribution in [0, 0.1) is 13.8 Å². The van der Waals surface area contributed by atoms with Gasteiger partial charge in [0.1, 0.15) is 0 Å². The highest BCUT2D eigenvalue weighted by atomic mass is 32.2. The van der Waals surface area contributed by atoms with Crippen LogP contribution in [-0.2, 0) is 4.79 Å². The molecule has 0 spiro atoms. The predicted molar refractivity (Wildman–Crippen MR) is 120 cm³/mol. The molecular formula is C22H21N5O4S. The van der Waals surface area contributed by atoms with E-state index in [0.717, 1.165) is 11.4 Å². The molecule has 9 nitrogen and oxygen atoms in total. The lowest BCUT2D eigenvalue weighted by molar-refractivity contribution is -0.118. The Hall–Kier alpha value is -3.79. The number of hydrogen-bond acceptors (Lipinski definition) is 9. The molecule has 0 bridgehead atoms. The Morgan fingerprint density at radius 1 is 1.12 bits per heavy atom. The number of nitrogens with one attached hydrogen (secondary N) is 1. The molecule has 1 amide bonds. The third-order valence-corrected chi connectivity index (χ3v) is 4.83. The van der Waals surface area contributed by atoms with Gasteiger partial charge >= 0.3 is 5.97 Å². The van der Waals surface area contributed by atoms with Gasteiger partial charge in [0.05, 0.1) is 24.6 Å². The second-order valence-corrected chi connectivity index (χ2v) is 7.50. The third kappa shape index (κ3) is 6.61. The lowest BCUT2D eigenvalue weighted by Crippen LogP contribution is -2.19. The zero-order valence-corrected chi connectivity index (χ0v) is 18.5. The number of amides is 1. The quantitative estimate of drug-likeness (QED) is 0.139. The Labute approximate surface area is 189 Å². The van der Waals surface area contributed by atoms with Gasteiger partial charge in [-0.3, -0.25) is 9.78 Å². The number of esters is 1. The first-order valence-electron chi connectivity index (χ1n) is 9.52. The predicted octanol–water partition coefficient (Wildman–Crippen LogP) is 2.96. The Morgan fingerprint density at radius 3 is 2.59 bits per heavy atom. The van der Waals surface area contributed by atoms with Crippen LogP contribution in [0.15, 0.2) is 59.0 Å². The molecular weight excluding hydrogens is 430 g/mol. The van der Waals surface area contributed by atoms with Crippen molar-refractivity contribution in [1.29, 1.82) is 0 Å². The molecule has 0 radical (unpaired) electrons. The van der Waals surface area contributed by atoms with Crippen LogP contribution in [0.5, 0.6) is 11.5 Å². The lowest BCUT2D eigenvalue weighted by atomic mass is 10.2. The Balaban J connectivity index is 1.56. The van der Waals surface area contributed by atoms with E-state index in [2.05, 4.69) is 25.5 Å². The Morgan fingerprint density at radius 2 is 1.91 bits per heavy atom. The summed E-state index contributed by atoms with van der Waals surface area (Å²) in [6.45, 7) is 3.75. The maximum atomic E-state index is 12.2. The van der Waals surface area contributed by atoms with Gasteiger partial charge in [-0.25, -0.2) is 20.2 Å². The van der Waals surface area contributed by atoms with E-state index in [1.165, 1.54) is 31.3 Å². The number of carbonyl (C=O) groups excluding carboxylic acids is 2. The SMILES string of the molecule is COc1cc(/C=N\NC(=O)CSc2nc(C)cc(C)n2)ccc1OC(=O)c1cccnc1. The van der Waals surface area contributed by atoms with E-state index >= 15 is 0 Å². The summed E-state index contributed by atoms with van der Waals surface area (Å²) in [6, 6.07) is 10.0. The average molecular weight is 452 g/mol. The first-order valence-corrected chi connectivity index (χ1v) is 10.5. The van der Waals surface area contributed by atoms with Crippen molar-refractivity contribution in [2.75, 3.05) is 12.9 Å². The van der Waals surface area contributed by atoms with Crippen molar-refractivity contribution in [2.24, 2.45) is 5.10 Å². The van der Waals surface area contributed by atoms with Gasteiger partial charge in [0, 0.05) is 23.8 Å². The van der Waals surface area contributed by atoms with E-state index in [9.17, 15) is 9.59 Å². The van der Waals surface area contributed by atoms with Crippen molar-refractivity contribution < 1.29 is 19.1 Å². The fourth-order valence-electron chi connectivity index (χ4n) is 2.59. The third-order valence-electron chi connectivity index (χ3n) is 3.98. The fraction of sp³-hybridized carbons (Fsp3) is 0.182. The maximum Gasteiger partial charge on any atom is 0.345 e. The van der Waals surface area contributed by atoms with E-state index in [4.69, 9.17) is 9.47 Å². The monoisotopic (exact) mass is 451 g/mol. The minimum absolute atomic E-state index is 0.132. The standard InChI is InChI=1S/C22H21N5O4S/c1-14-9-15(2)26-22(25-14)32-13-20(28)27-24-11-16-6-7-18(19(10-16)30-3)31-21(29)17-5-4-8-23-12-17/h4-12H,13H2,1-3H3,(H,27,28)/b24-11-. The highest BCUT2D eigenvalue weighted by Gasteiger charge is 2.13. The molecule has 0 aliphatic rings. The van der Waals surface area contributed by atoms with E-state index < -0.39 is 5.97 Å². The van der Waals surface area contributed by atoms with Crippen molar-refractivity contribution in [3.63, 3.8) is 0 Å². The fourth-order valence-corrected chi connectivity index (χ4v) is 3.33. The molecule has 0 unspecified atom stereocenters. The van der Waals surface area contributed by atoms with Crippen LogP contribution in [0.25, 0.3) is 0 Å². The molecule has 3 aromatic rings. The summed E-state index contributed by atoms with van der Waals surface area (Å²) >= 11 is 1.23. The highest BCUT2D eigenvalue weighted by molar-refractivity contribution is 7.99. The lowest BCUT2D eigenvalue weighted by Gasteiger charge is -2.09. The minimum atomic E-state index is -0.546. The molecule has 0 aliphatic heterocycles. The average Bonchev–Trinajstić information content (AvgIpc) is 2.78. The highest BCUT2D eigenvalue weighted by Crippen LogP contribution is 2.28. The number of ether oxygens (including phenoxy) is 2. The number of carbonyl (C=O) groups is 2. The molecule has 0 atom stereocenters. The van der Waals surface area contributed by atoms with Gasteiger partial charge in [0.25, 0.3) is 5.91 Å². The van der Waals surface area contributed by atoms with Gasteiger partial charge in [-0.15, -0.1) is 0 Å². The minimum Gasteiger partial charge on any atom is -0.493 e. The summed E-state index contributed by atoms with van der Waals surface area (Å²) in [6.07, 6.45) is 4.45. The molecule has 0 aliphatic carbocycles. The number of thioether (sulfide) groups is 1. The number of rotatable bonds is 8. The van der Waals surface area contributed by atoms with E-state index in [-0.39, 0.29) is 17.4 Å². The first kappa shape index (κ1) is 22.9. The van der Waals surface area contributed by atoms with Crippen LogP contribution in [-0.4, -0.2) is 45.9 Å². The molecule has 32 heavy (non-hydrogen) atoms. The van der Waals surface area contributed by atoms with Gasteiger partial charge < -0.3 is 9.47 Å². The molecule has 0 fully saturated rings. The van der Waals surface area contributed by atoms with Crippen LogP contribution >= 0.6 is 11.8 Å². The van der Waals surface area contributed by atoms with Gasteiger partial charge in [-0.1, -0.05) is 11.8 Å². The number of pyridine rings is 1. The number of hydrazone groups is 1. The van der Waals surface area contributed by atoms with Crippen molar-refractivity contribution in [2.45, 2.75) is 19.0 Å². The molecule has 3 rings (SSSR count).